The molecule has 2 aliphatic rings. The van der Waals surface area contributed by atoms with Crippen molar-refractivity contribution in [3.05, 3.63) is 65.2 Å². The van der Waals surface area contributed by atoms with Gasteiger partial charge in [-0.25, -0.2) is 8.42 Å². The van der Waals surface area contributed by atoms with Crippen LogP contribution in [0.5, 0.6) is 0 Å². The maximum absolute atomic E-state index is 12.6. The Morgan fingerprint density at radius 3 is 2.29 bits per heavy atom. The maximum Gasteiger partial charge on any atom is 0.252 e. The zero-order valence-electron chi connectivity index (χ0n) is 15.8. The second kappa shape index (κ2) is 7.37. The van der Waals surface area contributed by atoms with Crippen LogP contribution in [0.3, 0.4) is 0 Å². The lowest BCUT2D eigenvalue weighted by molar-refractivity contribution is -0.117. The van der Waals surface area contributed by atoms with Crippen molar-refractivity contribution < 1.29 is 13.2 Å². The number of hydrogen-bond acceptors (Lipinski definition) is 4. The van der Waals surface area contributed by atoms with Crippen molar-refractivity contribution in [1.82, 2.24) is 0 Å². The number of fused-ring (bicyclic) bond motifs is 1. The third-order valence-corrected chi connectivity index (χ3v) is 8.28. The second-order valence-corrected chi connectivity index (χ2v) is 10.8. The molecule has 7 heteroatoms. The van der Waals surface area contributed by atoms with Crippen LogP contribution in [0.2, 0.25) is 0 Å². The fraction of sp³-hybridized carbons (Fsp3) is 0.333. The molecular weight excluding hydrogens is 392 g/mol. The Labute approximate surface area is 169 Å². The van der Waals surface area contributed by atoms with E-state index in [-0.39, 0.29) is 35.1 Å². The molecule has 2 saturated heterocycles. The Morgan fingerprint density at radius 1 is 1.04 bits per heavy atom. The van der Waals surface area contributed by atoms with Crippen LogP contribution in [-0.4, -0.2) is 42.3 Å². The number of amides is 1. The summed E-state index contributed by atoms with van der Waals surface area (Å²) < 4.78 is 24.3. The SMILES string of the molecule is Cc1ccc(CC(=O)N=C2S[C@@H]3CS(=O)(=O)C[C@@H]3N2c2ccc(C)cc2)cc1. The fourth-order valence-corrected chi connectivity index (χ4v) is 7.53. The number of anilines is 1. The number of benzene rings is 2. The van der Waals surface area contributed by atoms with Crippen molar-refractivity contribution >= 4 is 38.4 Å². The molecule has 0 aromatic heterocycles. The third kappa shape index (κ3) is 4.00. The molecule has 2 aromatic rings. The van der Waals surface area contributed by atoms with E-state index in [9.17, 15) is 13.2 Å². The summed E-state index contributed by atoms with van der Waals surface area (Å²) in [7, 11) is -3.06. The first-order chi connectivity index (χ1) is 13.3. The smallest absolute Gasteiger partial charge is 0.252 e. The van der Waals surface area contributed by atoms with Gasteiger partial charge in [-0.15, -0.1) is 0 Å². The fourth-order valence-electron chi connectivity index (χ4n) is 3.60. The molecule has 28 heavy (non-hydrogen) atoms. The number of aliphatic imine (C=N–C) groups is 1. The van der Waals surface area contributed by atoms with Gasteiger partial charge in [0.05, 0.1) is 24.0 Å². The van der Waals surface area contributed by atoms with Crippen LogP contribution in [0.25, 0.3) is 0 Å². The number of aryl methyl sites for hydroxylation is 2. The van der Waals surface area contributed by atoms with Crippen LogP contribution in [0.4, 0.5) is 5.69 Å². The Bertz CT molecular complexity index is 1030. The Hall–Kier alpha value is -2.12. The van der Waals surface area contributed by atoms with Gasteiger partial charge in [-0.05, 0) is 31.5 Å². The highest BCUT2D eigenvalue weighted by Crippen LogP contribution is 2.41. The lowest BCUT2D eigenvalue weighted by atomic mass is 10.1. The molecule has 0 N–H and O–H groups in total. The number of carbonyl (C=O) groups excluding carboxylic acids is 1. The summed E-state index contributed by atoms with van der Waals surface area (Å²) in [5, 5.41) is 0.517. The number of hydrogen-bond donors (Lipinski definition) is 0. The first kappa shape index (κ1) is 19.2. The van der Waals surface area contributed by atoms with Crippen LogP contribution in [0.1, 0.15) is 16.7 Å². The highest BCUT2D eigenvalue weighted by atomic mass is 32.2. The van der Waals surface area contributed by atoms with Crippen molar-refractivity contribution in [2.75, 3.05) is 16.4 Å². The summed E-state index contributed by atoms with van der Waals surface area (Å²) in [5.74, 6) is 0.0193. The molecule has 0 spiro atoms. The first-order valence-electron chi connectivity index (χ1n) is 9.21. The lowest BCUT2D eigenvalue weighted by Gasteiger charge is -2.24. The Kier molecular flexibility index (Phi) is 5.05. The van der Waals surface area contributed by atoms with Crippen molar-refractivity contribution in [2.45, 2.75) is 31.6 Å². The molecular formula is C21H22N2O3S2. The minimum Gasteiger partial charge on any atom is -0.316 e. The van der Waals surface area contributed by atoms with E-state index in [2.05, 4.69) is 4.99 Å². The number of rotatable bonds is 3. The molecule has 5 nitrogen and oxygen atoms in total. The minimum absolute atomic E-state index is 0.0859. The Morgan fingerprint density at radius 2 is 1.64 bits per heavy atom. The van der Waals surface area contributed by atoms with Gasteiger partial charge in [0.15, 0.2) is 15.0 Å². The van der Waals surface area contributed by atoms with Crippen LogP contribution < -0.4 is 4.90 Å². The third-order valence-electron chi connectivity index (χ3n) is 5.08. The van der Waals surface area contributed by atoms with Crippen molar-refractivity contribution in [2.24, 2.45) is 4.99 Å². The molecule has 2 aliphatic heterocycles. The molecule has 1 amide bonds. The summed E-state index contributed by atoms with van der Waals surface area (Å²) in [6, 6.07) is 15.6. The number of thioether (sulfide) groups is 1. The zero-order valence-corrected chi connectivity index (χ0v) is 17.5. The highest BCUT2D eigenvalue weighted by molar-refractivity contribution is 8.16. The van der Waals surface area contributed by atoms with E-state index in [1.54, 1.807) is 0 Å². The number of carbonyl (C=O) groups is 1. The molecule has 2 atom stereocenters. The topological polar surface area (TPSA) is 66.8 Å². The van der Waals surface area contributed by atoms with Gasteiger partial charge < -0.3 is 4.90 Å². The van der Waals surface area contributed by atoms with Gasteiger partial charge in [-0.3, -0.25) is 4.79 Å². The molecule has 0 radical (unpaired) electrons. The molecule has 146 valence electrons. The molecule has 2 fully saturated rings. The quantitative estimate of drug-likeness (QED) is 0.772. The van der Waals surface area contributed by atoms with Crippen molar-refractivity contribution in [3.8, 4) is 0 Å². The van der Waals surface area contributed by atoms with Crippen LogP contribution in [0, 0.1) is 13.8 Å². The summed E-state index contributed by atoms with van der Waals surface area (Å²) in [6.45, 7) is 4.01. The van der Waals surface area contributed by atoms with Crippen LogP contribution in [-0.2, 0) is 21.1 Å². The molecule has 4 rings (SSSR count). The van der Waals surface area contributed by atoms with Gasteiger partial charge in [0.2, 0.25) is 0 Å². The van der Waals surface area contributed by atoms with Gasteiger partial charge in [-0.1, -0.05) is 59.3 Å². The van der Waals surface area contributed by atoms with Gasteiger partial charge in [0, 0.05) is 10.9 Å². The summed E-state index contributed by atoms with van der Waals surface area (Å²) >= 11 is 1.41. The van der Waals surface area contributed by atoms with E-state index in [1.807, 2.05) is 67.3 Å². The summed E-state index contributed by atoms with van der Waals surface area (Å²) in [5.41, 5.74) is 4.07. The lowest BCUT2D eigenvalue weighted by Crippen LogP contribution is -2.37. The summed E-state index contributed by atoms with van der Waals surface area (Å²) in [4.78, 5) is 18.9. The molecule has 2 heterocycles. The molecule has 0 unspecified atom stereocenters. The predicted molar refractivity (Wildman–Crippen MR) is 115 cm³/mol. The van der Waals surface area contributed by atoms with E-state index in [0.717, 1.165) is 22.4 Å². The average Bonchev–Trinajstić information content (AvgIpc) is 3.09. The molecule has 0 saturated carbocycles. The van der Waals surface area contributed by atoms with Gasteiger partial charge in [-0.2, -0.15) is 4.99 Å². The average molecular weight is 415 g/mol. The van der Waals surface area contributed by atoms with Gasteiger partial charge in [0.1, 0.15) is 0 Å². The molecule has 0 aliphatic carbocycles. The number of amidine groups is 1. The van der Waals surface area contributed by atoms with Crippen molar-refractivity contribution in [1.29, 1.82) is 0 Å². The van der Waals surface area contributed by atoms with E-state index in [1.165, 1.54) is 11.8 Å². The van der Waals surface area contributed by atoms with E-state index < -0.39 is 9.84 Å². The monoisotopic (exact) mass is 414 g/mol. The van der Waals surface area contributed by atoms with Gasteiger partial charge >= 0.3 is 0 Å². The zero-order chi connectivity index (χ0) is 19.9. The first-order valence-corrected chi connectivity index (χ1v) is 11.9. The minimum atomic E-state index is -3.06. The second-order valence-electron chi connectivity index (χ2n) is 7.46. The predicted octanol–water partition coefficient (Wildman–Crippen LogP) is 3.15. The van der Waals surface area contributed by atoms with E-state index in [4.69, 9.17) is 0 Å². The summed E-state index contributed by atoms with van der Waals surface area (Å²) in [6.07, 6.45) is 0.236. The highest BCUT2D eigenvalue weighted by Gasteiger charge is 2.49. The van der Waals surface area contributed by atoms with Gasteiger partial charge in [0.25, 0.3) is 5.91 Å². The van der Waals surface area contributed by atoms with Crippen LogP contribution in [0.15, 0.2) is 53.5 Å². The molecule has 2 aromatic carbocycles. The van der Waals surface area contributed by atoms with E-state index >= 15 is 0 Å². The number of sulfone groups is 1. The largest absolute Gasteiger partial charge is 0.316 e. The van der Waals surface area contributed by atoms with E-state index in [0.29, 0.717) is 5.17 Å². The maximum atomic E-state index is 12.6. The molecule has 0 bridgehead atoms. The number of nitrogens with zero attached hydrogens (tertiary/aromatic N) is 2. The Balaban J connectivity index is 1.62. The standard InChI is InChI=1S/C21H22N2O3S2/c1-14-3-7-16(8-4-14)11-20(24)22-21-23(17-9-5-15(2)6-10-17)18-12-28(25,26)13-19(18)27-21/h3-10,18-19H,11-13H2,1-2H3/t18-,19+/m0/s1. The normalized spacial score (nSPS) is 24.5. The van der Waals surface area contributed by atoms with Crippen molar-refractivity contribution in [3.63, 3.8) is 0 Å². The van der Waals surface area contributed by atoms with Crippen LogP contribution >= 0.6 is 11.8 Å².